The Morgan fingerprint density at radius 3 is 2.33 bits per heavy atom. The van der Waals surface area contributed by atoms with Gasteiger partial charge >= 0.3 is 6.92 Å². The summed E-state index contributed by atoms with van der Waals surface area (Å²) in [6, 6.07) is 0. The van der Waals surface area contributed by atoms with Gasteiger partial charge < -0.3 is 4.65 Å². The van der Waals surface area contributed by atoms with Gasteiger partial charge in [0.05, 0.1) is 0 Å². The monoisotopic (exact) mass is 210 g/mol. The maximum absolute atomic E-state index is 5.85. The van der Waals surface area contributed by atoms with Gasteiger partial charge in [0, 0.05) is 6.10 Å². The van der Waals surface area contributed by atoms with E-state index in [0.717, 1.165) is 6.32 Å². The summed E-state index contributed by atoms with van der Waals surface area (Å²) in [6.45, 7) is 11.2. The first-order valence-corrected chi connectivity index (χ1v) is 6.38. The van der Waals surface area contributed by atoms with Crippen molar-refractivity contribution in [3.05, 3.63) is 12.1 Å². The molecule has 0 saturated heterocycles. The highest BCUT2D eigenvalue weighted by Crippen LogP contribution is 2.10. The van der Waals surface area contributed by atoms with Crippen LogP contribution in [0.4, 0.5) is 0 Å². The molecule has 0 saturated carbocycles. The Morgan fingerprint density at radius 1 is 1.20 bits per heavy atom. The lowest BCUT2D eigenvalue weighted by Crippen LogP contribution is -2.22. The first-order chi connectivity index (χ1) is 7.06. The SMILES string of the molecule is CCCC/C=C/B(CC(C)C)OC(C)C. The Balaban J connectivity index is 3.93. The van der Waals surface area contributed by atoms with E-state index in [0.29, 0.717) is 18.9 Å². The second-order valence-electron chi connectivity index (χ2n) is 4.92. The maximum Gasteiger partial charge on any atom is 0.319 e. The Kier molecular flexibility index (Phi) is 8.88. The van der Waals surface area contributed by atoms with E-state index in [-0.39, 0.29) is 0 Å². The highest BCUT2D eigenvalue weighted by Gasteiger charge is 2.14. The lowest BCUT2D eigenvalue weighted by molar-refractivity contribution is 0.244. The lowest BCUT2D eigenvalue weighted by atomic mass is 9.61. The molecule has 0 rings (SSSR count). The van der Waals surface area contributed by atoms with Crippen molar-refractivity contribution in [1.29, 1.82) is 0 Å². The number of rotatable bonds is 8. The van der Waals surface area contributed by atoms with Crippen LogP contribution in [0.5, 0.6) is 0 Å². The summed E-state index contributed by atoms with van der Waals surface area (Å²) in [4.78, 5) is 0. The second kappa shape index (κ2) is 9.02. The van der Waals surface area contributed by atoms with Gasteiger partial charge in [0.1, 0.15) is 0 Å². The first-order valence-electron chi connectivity index (χ1n) is 6.38. The third kappa shape index (κ3) is 10.1. The molecule has 0 aliphatic carbocycles. The standard InChI is InChI=1S/C13H27BO/c1-6-7-8-9-10-14(11-12(2)3)15-13(4)5/h9-10,12-13H,6-8,11H2,1-5H3/b10-9+. The predicted octanol–water partition coefficient (Wildman–Crippen LogP) is 4.34. The minimum absolute atomic E-state index is 0.307. The van der Waals surface area contributed by atoms with Gasteiger partial charge in [0.2, 0.25) is 0 Å². The molecule has 2 heteroatoms. The molecule has 1 nitrogen and oxygen atoms in total. The van der Waals surface area contributed by atoms with Crippen molar-refractivity contribution in [1.82, 2.24) is 0 Å². The zero-order valence-electron chi connectivity index (χ0n) is 11.1. The minimum atomic E-state index is 0.307. The van der Waals surface area contributed by atoms with Crippen LogP contribution >= 0.6 is 0 Å². The normalized spacial score (nSPS) is 11.9. The van der Waals surface area contributed by atoms with E-state index in [4.69, 9.17) is 4.65 Å². The largest absolute Gasteiger partial charge is 0.429 e. The van der Waals surface area contributed by atoms with Crippen LogP contribution in [-0.2, 0) is 4.65 Å². The van der Waals surface area contributed by atoms with Crippen molar-refractivity contribution in [3.8, 4) is 0 Å². The molecular formula is C13H27BO. The summed E-state index contributed by atoms with van der Waals surface area (Å²) in [5, 5.41) is 0. The van der Waals surface area contributed by atoms with Crippen molar-refractivity contribution in [3.63, 3.8) is 0 Å². The average Bonchev–Trinajstić information content (AvgIpc) is 2.10. The van der Waals surface area contributed by atoms with Crippen LogP contribution < -0.4 is 0 Å². The van der Waals surface area contributed by atoms with E-state index in [9.17, 15) is 0 Å². The topological polar surface area (TPSA) is 9.23 Å². The van der Waals surface area contributed by atoms with Gasteiger partial charge in [-0.05, 0) is 26.6 Å². The van der Waals surface area contributed by atoms with Crippen LogP contribution in [0.1, 0.15) is 53.9 Å². The third-order valence-electron chi connectivity index (χ3n) is 2.23. The van der Waals surface area contributed by atoms with Crippen LogP contribution in [0.25, 0.3) is 0 Å². The molecule has 0 aliphatic rings. The molecule has 15 heavy (non-hydrogen) atoms. The van der Waals surface area contributed by atoms with Gasteiger partial charge in [-0.1, -0.05) is 51.6 Å². The van der Waals surface area contributed by atoms with Gasteiger partial charge in [0.15, 0.2) is 0 Å². The van der Waals surface area contributed by atoms with Crippen LogP contribution in [0.15, 0.2) is 12.1 Å². The summed E-state index contributed by atoms with van der Waals surface area (Å²) >= 11 is 0. The number of allylic oxidation sites excluding steroid dienone is 1. The van der Waals surface area contributed by atoms with Crippen LogP contribution in [0.2, 0.25) is 6.32 Å². The predicted molar refractivity (Wildman–Crippen MR) is 70.3 cm³/mol. The summed E-state index contributed by atoms with van der Waals surface area (Å²) in [7, 11) is 0. The fourth-order valence-corrected chi connectivity index (χ4v) is 1.56. The molecule has 0 spiro atoms. The summed E-state index contributed by atoms with van der Waals surface area (Å²) in [5.74, 6) is 2.94. The molecule has 0 radical (unpaired) electrons. The molecule has 0 unspecified atom stereocenters. The molecule has 0 aromatic heterocycles. The third-order valence-corrected chi connectivity index (χ3v) is 2.23. The molecule has 0 atom stereocenters. The van der Waals surface area contributed by atoms with Crippen LogP contribution in [0.3, 0.4) is 0 Å². The highest BCUT2D eigenvalue weighted by molar-refractivity contribution is 6.57. The molecule has 0 bridgehead atoms. The van der Waals surface area contributed by atoms with Crippen molar-refractivity contribution in [2.45, 2.75) is 66.3 Å². The lowest BCUT2D eigenvalue weighted by Gasteiger charge is -2.15. The highest BCUT2D eigenvalue weighted by atomic mass is 16.4. The fraction of sp³-hybridized carbons (Fsp3) is 0.846. The van der Waals surface area contributed by atoms with E-state index in [1.807, 2.05) is 0 Å². The van der Waals surface area contributed by atoms with E-state index in [1.54, 1.807) is 0 Å². The fourth-order valence-electron chi connectivity index (χ4n) is 1.56. The number of hydrogen-bond acceptors (Lipinski definition) is 1. The molecule has 88 valence electrons. The summed E-state index contributed by atoms with van der Waals surface area (Å²) in [5.41, 5.74) is 0. The van der Waals surface area contributed by atoms with Gasteiger partial charge in [-0.2, -0.15) is 0 Å². The van der Waals surface area contributed by atoms with Crippen molar-refractivity contribution in [2.24, 2.45) is 5.92 Å². The Hall–Kier alpha value is -0.235. The molecule has 0 heterocycles. The molecule has 0 fully saturated rings. The van der Waals surface area contributed by atoms with Gasteiger partial charge in [-0.3, -0.25) is 0 Å². The Labute approximate surface area is 96.4 Å². The zero-order valence-corrected chi connectivity index (χ0v) is 11.1. The van der Waals surface area contributed by atoms with Crippen molar-refractivity contribution < 1.29 is 4.65 Å². The smallest absolute Gasteiger partial charge is 0.319 e. The van der Waals surface area contributed by atoms with Gasteiger partial charge in [-0.25, -0.2) is 0 Å². The summed E-state index contributed by atoms with van der Waals surface area (Å²) in [6.07, 6.45) is 7.47. The van der Waals surface area contributed by atoms with E-state index >= 15 is 0 Å². The van der Waals surface area contributed by atoms with Crippen LogP contribution in [0, 0.1) is 5.92 Å². The Bertz CT molecular complexity index is 154. The second-order valence-corrected chi connectivity index (χ2v) is 4.92. The van der Waals surface area contributed by atoms with Gasteiger partial charge in [-0.15, -0.1) is 0 Å². The number of unbranched alkanes of at least 4 members (excludes halogenated alkanes) is 2. The van der Waals surface area contributed by atoms with E-state index < -0.39 is 0 Å². The van der Waals surface area contributed by atoms with Crippen molar-refractivity contribution in [2.75, 3.05) is 0 Å². The van der Waals surface area contributed by atoms with E-state index in [2.05, 4.69) is 46.7 Å². The quantitative estimate of drug-likeness (QED) is 0.427. The van der Waals surface area contributed by atoms with E-state index in [1.165, 1.54) is 19.3 Å². The molecule has 0 N–H and O–H groups in total. The molecular weight excluding hydrogens is 183 g/mol. The summed E-state index contributed by atoms with van der Waals surface area (Å²) < 4.78 is 5.85. The van der Waals surface area contributed by atoms with Crippen molar-refractivity contribution >= 4 is 6.92 Å². The maximum atomic E-state index is 5.85. The molecule has 0 aromatic rings. The zero-order chi connectivity index (χ0) is 11.7. The molecule has 0 aliphatic heterocycles. The molecule has 0 amide bonds. The Morgan fingerprint density at radius 2 is 1.87 bits per heavy atom. The van der Waals surface area contributed by atoms with Crippen LogP contribution in [-0.4, -0.2) is 13.0 Å². The molecule has 0 aromatic carbocycles. The van der Waals surface area contributed by atoms with Gasteiger partial charge in [0.25, 0.3) is 0 Å². The number of hydrogen-bond donors (Lipinski definition) is 0. The minimum Gasteiger partial charge on any atom is -0.429 e. The average molecular weight is 210 g/mol. The first kappa shape index (κ1) is 14.8.